The highest BCUT2D eigenvalue weighted by Crippen LogP contribution is 2.24. The number of rotatable bonds is 11. The summed E-state index contributed by atoms with van der Waals surface area (Å²) in [6.07, 6.45) is 4.75. The van der Waals surface area contributed by atoms with Crippen molar-refractivity contribution in [2.24, 2.45) is 5.41 Å². The van der Waals surface area contributed by atoms with Gasteiger partial charge in [-0.05, 0) is 22.8 Å². The molecule has 0 unspecified atom stereocenters. The van der Waals surface area contributed by atoms with Gasteiger partial charge in [-0.3, -0.25) is 0 Å². The Morgan fingerprint density at radius 1 is 0.733 bits per heavy atom. The summed E-state index contributed by atoms with van der Waals surface area (Å²) in [7, 11) is 0. The zero-order valence-corrected chi connectivity index (χ0v) is 18.3. The number of carbonyl (C=O) groups excluding carboxylic acids is 1. The van der Waals surface area contributed by atoms with Gasteiger partial charge in [-0.2, -0.15) is 0 Å². The lowest BCUT2D eigenvalue weighted by Crippen LogP contribution is -2.32. The number of ether oxygens (including phenoxy) is 2. The third kappa shape index (κ3) is 6.77. The van der Waals surface area contributed by atoms with Crippen LogP contribution in [-0.4, -0.2) is 19.5 Å². The van der Waals surface area contributed by atoms with Crippen molar-refractivity contribution in [2.75, 3.05) is 13.2 Å². The number of halogens is 1. The molecule has 3 nitrogen and oxygen atoms in total. The van der Waals surface area contributed by atoms with Crippen LogP contribution in [0.5, 0.6) is 0 Å². The van der Waals surface area contributed by atoms with E-state index in [9.17, 15) is 4.79 Å². The number of hydrogen-bond acceptors (Lipinski definition) is 3. The largest absolute Gasteiger partial charge is 0.375 e. The third-order valence-electron chi connectivity index (χ3n) is 4.70. The summed E-state index contributed by atoms with van der Waals surface area (Å²) in [6, 6.07) is 27.7. The summed E-state index contributed by atoms with van der Waals surface area (Å²) in [6.45, 7) is 1.36. The van der Waals surface area contributed by atoms with Gasteiger partial charge in [0.25, 0.3) is 0 Å². The summed E-state index contributed by atoms with van der Waals surface area (Å²) < 4.78 is 12.8. The number of hydrogen-bond donors (Lipinski definition) is 0. The van der Waals surface area contributed by atoms with Crippen molar-refractivity contribution in [3.8, 4) is 0 Å². The summed E-state index contributed by atoms with van der Waals surface area (Å²) in [5.74, 6) is 0. The molecule has 0 bridgehead atoms. The molecule has 0 radical (unpaired) electrons. The molecule has 0 amide bonds. The molecule has 0 aromatic heterocycles. The number of carbonyl (C=O) groups is 1. The topological polar surface area (TPSA) is 35.5 Å². The van der Waals surface area contributed by atoms with Gasteiger partial charge in [-0.15, -0.1) is 0 Å². The maximum absolute atomic E-state index is 12.2. The fourth-order valence-corrected chi connectivity index (χ4v) is 3.39. The molecule has 0 saturated heterocycles. The van der Waals surface area contributed by atoms with Crippen LogP contribution in [0.3, 0.4) is 0 Å². The van der Waals surface area contributed by atoms with Crippen LogP contribution < -0.4 is 0 Å². The highest BCUT2D eigenvalue weighted by Gasteiger charge is 2.28. The Morgan fingerprint density at radius 3 is 1.73 bits per heavy atom. The SMILES string of the molecule is O=CC(C=Cc1ccccc1Br)(COCc1ccccc1)COCc1ccccc1. The first-order chi connectivity index (χ1) is 14.7. The van der Waals surface area contributed by atoms with E-state index in [2.05, 4.69) is 15.9 Å². The Balaban J connectivity index is 1.70. The van der Waals surface area contributed by atoms with E-state index >= 15 is 0 Å². The lowest BCUT2D eigenvalue weighted by atomic mass is 9.90. The van der Waals surface area contributed by atoms with Crippen LogP contribution in [0.25, 0.3) is 6.08 Å². The van der Waals surface area contributed by atoms with Crippen molar-refractivity contribution in [2.45, 2.75) is 13.2 Å². The summed E-state index contributed by atoms with van der Waals surface area (Å²) in [4.78, 5) is 12.2. The predicted octanol–water partition coefficient (Wildman–Crippen LogP) is 6.08. The molecule has 154 valence electrons. The monoisotopic (exact) mass is 464 g/mol. The van der Waals surface area contributed by atoms with E-state index < -0.39 is 5.41 Å². The van der Waals surface area contributed by atoms with Crippen LogP contribution in [0, 0.1) is 5.41 Å². The molecule has 0 N–H and O–H groups in total. The van der Waals surface area contributed by atoms with Gasteiger partial charge in [0.2, 0.25) is 0 Å². The molecule has 0 aliphatic rings. The molecule has 4 heteroatoms. The Kier molecular flexibility index (Phi) is 8.57. The molecule has 0 heterocycles. The molecule has 3 rings (SSSR count). The van der Waals surface area contributed by atoms with Gasteiger partial charge in [0.1, 0.15) is 6.29 Å². The fraction of sp³-hybridized carbons (Fsp3) is 0.192. The van der Waals surface area contributed by atoms with E-state index in [0.29, 0.717) is 13.2 Å². The second-order valence-electron chi connectivity index (χ2n) is 7.16. The molecule has 0 aliphatic heterocycles. The first-order valence-corrected chi connectivity index (χ1v) is 10.6. The first-order valence-electron chi connectivity index (χ1n) is 9.84. The minimum Gasteiger partial charge on any atom is -0.375 e. The van der Waals surface area contributed by atoms with Gasteiger partial charge in [0, 0.05) is 4.47 Å². The molecular formula is C26H25BrO3. The zero-order chi connectivity index (χ0) is 21.1. The predicted molar refractivity (Wildman–Crippen MR) is 124 cm³/mol. The minimum atomic E-state index is -0.876. The molecule has 30 heavy (non-hydrogen) atoms. The standard InChI is InChI=1S/C26H25BrO3/c27-25-14-8-7-13-24(25)15-16-26(19-28,20-29-17-22-9-3-1-4-10-22)21-30-18-23-11-5-2-6-12-23/h1-16,19H,17-18,20-21H2. The Labute approximate surface area is 186 Å². The molecular weight excluding hydrogens is 440 g/mol. The third-order valence-corrected chi connectivity index (χ3v) is 5.42. The highest BCUT2D eigenvalue weighted by atomic mass is 79.9. The second-order valence-corrected chi connectivity index (χ2v) is 8.02. The molecule has 0 atom stereocenters. The van der Waals surface area contributed by atoms with E-state index in [-0.39, 0.29) is 13.2 Å². The fourth-order valence-electron chi connectivity index (χ4n) is 2.98. The van der Waals surface area contributed by atoms with Crippen molar-refractivity contribution in [1.82, 2.24) is 0 Å². The number of aldehydes is 1. The minimum absolute atomic E-state index is 0.237. The lowest BCUT2D eigenvalue weighted by Gasteiger charge is -2.24. The Bertz CT molecular complexity index is 893. The Morgan fingerprint density at radius 2 is 1.23 bits per heavy atom. The van der Waals surface area contributed by atoms with Crippen LogP contribution in [-0.2, 0) is 27.5 Å². The van der Waals surface area contributed by atoms with Crippen LogP contribution in [0.2, 0.25) is 0 Å². The molecule has 3 aromatic rings. The second kappa shape index (κ2) is 11.6. The van der Waals surface area contributed by atoms with Gasteiger partial charge in [-0.25, -0.2) is 0 Å². The van der Waals surface area contributed by atoms with E-state index in [1.807, 2.05) is 97.1 Å². The Hall–Kier alpha value is -2.53. The van der Waals surface area contributed by atoms with Crippen molar-refractivity contribution in [1.29, 1.82) is 0 Å². The van der Waals surface area contributed by atoms with E-state index in [1.165, 1.54) is 0 Å². The molecule has 0 aliphatic carbocycles. The summed E-state index contributed by atoms with van der Waals surface area (Å²) >= 11 is 3.55. The van der Waals surface area contributed by atoms with E-state index in [4.69, 9.17) is 9.47 Å². The van der Waals surface area contributed by atoms with Crippen LogP contribution in [0.1, 0.15) is 16.7 Å². The molecule has 0 fully saturated rings. The van der Waals surface area contributed by atoms with Crippen LogP contribution >= 0.6 is 15.9 Å². The van der Waals surface area contributed by atoms with Gasteiger partial charge < -0.3 is 14.3 Å². The van der Waals surface area contributed by atoms with Crippen molar-refractivity contribution >= 4 is 28.3 Å². The van der Waals surface area contributed by atoms with Gasteiger partial charge in [-0.1, -0.05) is 107 Å². The normalized spacial score (nSPS) is 11.6. The van der Waals surface area contributed by atoms with Crippen molar-refractivity contribution in [3.05, 3.63) is 112 Å². The highest BCUT2D eigenvalue weighted by molar-refractivity contribution is 9.10. The quantitative estimate of drug-likeness (QED) is 0.322. The van der Waals surface area contributed by atoms with E-state index in [1.54, 1.807) is 0 Å². The maximum atomic E-state index is 12.2. The average Bonchev–Trinajstić information content (AvgIpc) is 2.79. The van der Waals surface area contributed by atoms with E-state index in [0.717, 1.165) is 27.4 Å². The van der Waals surface area contributed by atoms with Gasteiger partial charge in [0.05, 0.1) is 31.8 Å². The zero-order valence-electron chi connectivity index (χ0n) is 16.7. The lowest BCUT2D eigenvalue weighted by molar-refractivity contribution is -0.121. The molecule has 0 saturated carbocycles. The van der Waals surface area contributed by atoms with Crippen molar-refractivity contribution in [3.63, 3.8) is 0 Å². The maximum Gasteiger partial charge on any atom is 0.134 e. The number of benzene rings is 3. The molecule has 0 spiro atoms. The molecule has 3 aromatic carbocycles. The van der Waals surface area contributed by atoms with Crippen LogP contribution in [0.4, 0.5) is 0 Å². The smallest absolute Gasteiger partial charge is 0.134 e. The van der Waals surface area contributed by atoms with Crippen LogP contribution in [0.15, 0.2) is 95.5 Å². The summed E-state index contributed by atoms with van der Waals surface area (Å²) in [5, 5.41) is 0. The average molecular weight is 465 g/mol. The van der Waals surface area contributed by atoms with Gasteiger partial charge >= 0.3 is 0 Å². The van der Waals surface area contributed by atoms with Crippen molar-refractivity contribution < 1.29 is 14.3 Å². The summed E-state index contributed by atoms with van der Waals surface area (Å²) in [5.41, 5.74) is 2.25. The first kappa shape index (κ1) is 22.2. The van der Waals surface area contributed by atoms with Gasteiger partial charge in [0.15, 0.2) is 0 Å².